The fourth-order valence-electron chi connectivity index (χ4n) is 3.75. The maximum absolute atomic E-state index is 13.6. The van der Waals surface area contributed by atoms with Crippen molar-refractivity contribution in [3.05, 3.63) is 101 Å². The quantitative estimate of drug-likeness (QED) is 0.370. The second-order valence-electron chi connectivity index (χ2n) is 8.55. The van der Waals surface area contributed by atoms with Gasteiger partial charge in [0.2, 0.25) is 11.8 Å². The number of amides is 2. The average Bonchev–Trinajstić information content (AvgIpc) is 2.85. The lowest BCUT2D eigenvalue weighted by Gasteiger charge is -2.32. The number of carbonyl (C=O) groups is 2. The molecule has 3 aromatic rings. The van der Waals surface area contributed by atoms with Crippen LogP contribution in [0, 0.1) is 13.8 Å². The van der Waals surface area contributed by atoms with E-state index in [0.717, 1.165) is 28.0 Å². The summed E-state index contributed by atoms with van der Waals surface area (Å²) in [5.74, 6) is 0.135. The van der Waals surface area contributed by atoms with Crippen LogP contribution in [0.5, 0.6) is 0 Å². The molecule has 0 aliphatic rings. The van der Waals surface area contributed by atoms with Crippen LogP contribution in [-0.4, -0.2) is 35.1 Å². The van der Waals surface area contributed by atoms with Crippen LogP contribution >= 0.6 is 11.8 Å². The van der Waals surface area contributed by atoms with E-state index >= 15 is 0 Å². The normalized spacial score (nSPS) is 11.6. The molecule has 0 heterocycles. The van der Waals surface area contributed by atoms with E-state index in [4.69, 9.17) is 0 Å². The molecule has 0 bridgehead atoms. The Labute approximate surface area is 207 Å². The summed E-state index contributed by atoms with van der Waals surface area (Å²) in [6, 6.07) is 25.6. The first-order valence-corrected chi connectivity index (χ1v) is 12.8. The first-order valence-electron chi connectivity index (χ1n) is 11.8. The Hall–Kier alpha value is -3.05. The third-order valence-electron chi connectivity index (χ3n) is 5.81. The van der Waals surface area contributed by atoms with E-state index in [-0.39, 0.29) is 17.6 Å². The van der Waals surface area contributed by atoms with E-state index in [1.807, 2.05) is 99.6 Å². The summed E-state index contributed by atoms with van der Waals surface area (Å²) in [5.41, 5.74) is 4.39. The molecule has 1 unspecified atom stereocenters. The summed E-state index contributed by atoms with van der Waals surface area (Å²) in [6.45, 7) is 7.11. The van der Waals surface area contributed by atoms with Gasteiger partial charge in [0, 0.05) is 24.4 Å². The van der Waals surface area contributed by atoms with Crippen LogP contribution in [0.25, 0.3) is 0 Å². The Morgan fingerprint density at radius 2 is 1.59 bits per heavy atom. The molecule has 4 nitrogen and oxygen atoms in total. The average molecular weight is 475 g/mol. The Bertz CT molecular complexity index is 1070. The number of nitrogens with zero attached hydrogens (tertiary/aromatic N) is 1. The highest BCUT2D eigenvalue weighted by Crippen LogP contribution is 2.22. The van der Waals surface area contributed by atoms with E-state index in [0.29, 0.717) is 19.5 Å². The van der Waals surface area contributed by atoms with Crippen molar-refractivity contribution < 1.29 is 9.59 Å². The van der Waals surface area contributed by atoms with E-state index in [2.05, 4.69) is 5.32 Å². The van der Waals surface area contributed by atoms with Crippen LogP contribution in [0.1, 0.15) is 35.6 Å². The summed E-state index contributed by atoms with van der Waals surface area (Å²) >= 11 is 1.51. The minimum atomic E-state index is -0.584. The third-order valence-corrected chi connectivity index (χ3v) is 6.80. The Kier molecular flexibility index (Phi) is 9.77. The van der Waals surface area contributed by atoms with Crippen molar-refractivity contribution in [2.24, 2.45) is 0 Å². The van der Waals surface area contributed by atoms with Gasteiger partial charge in [0.15, 0.2) is 0 Å². The predicted octanol–water partition coefficient (Wildman–Crippen LogP) is 5.56. The van der Waals surface area contributed by atoms with Crippen molar-refractivity contribution in [2.45, 2.75) is 51.1 Å². The highest BCUT2D eigenvalue weighted by molar-refractivity contribution is 8.00. The molecule has 0 spiro atoms. The van der Waals surface area contributed by atoms with Crippen LogP contribution in [0.15, 0.2) is 83.8 Å². The second-order valence-corrected chi connectivity index (χ2v) is 9.60. The zero-order chi connectivity index (χ0) is 24.3. The fourth-order valence-corrected chi connectivity index (χ4v) is 4.54. The number of carbonyl (C=O) groups excluding carboxylic acids is 2. The summed E-state index contributed by atoms with van der Waals surface area (Å²) in [6.07, 6.45) is 1.32. The topological polar surface area (TPSA) is 49.4 Å². The molecule has 0 aliphatic heterocycles. The monoisotopic (exact) mass is 474 g/mol. The maximum Gasteiger partial charge on any atom is 0.243 e. The van der Waals surface area contributed by atoms with E-state index in [1.165, 1.54) is 17.3 Å². The van der Waals surface area contributed by atoms with Gasteiger partial charge in [-0.15, -0.1) is 11.8 Å². The van der Waals surface area contributed by atoms with Crippen LogP contribution in [0.3, 0.4) is 0 Å². The molecular weight excluding hydrogens is 440 g/mol. The van der Waals surface area contributed by atoms with Crippen molar-refractivity contribution in [3.63, 3.8) is 0 Å². The SMILES string of the molecule is CCCNC(=O)C(Cc1ccccc1)N(Cc1ccccc1C)C(=O)CSc1ccc(C)cc1. The van der Waals surface area contributed by atoms with Gasteiger partial charge < -0.3 is 10.2 Å². The van der Waals surface area contributed by atoms with Gasteiger partial charge in [-0.3, -0.25) is 9.59 Å². The van der Waals surface area contributed by atoms with Crippen LogP contribution in [-0.2, 0) is 22.6 Å². The standard InChI is InChI=1S/C29H34N2O2S/c1-4-18-30-29(33)27(19-24-11-6-5-7-12-24)31(20-25-13-9-8-10-23(25)3)28(32)21-34-26-16-14-22(2)15-17-26/h5-17,27H,4,18-21H2,1-3H3,(H,30,33). The Balaban J connectivity index is 1.89. The zero-order valence-corrected chi connectivity index (χ0v) is 21.1. The van der Waals surface area contributed by atoms with Gasteiger partial charge in [0.1, 0.15) is 6.04 Å². The third kappa shape index (κ3) is 7.49. The van der Waals surface area contributed by atoms with Gasteiger partial charge in [-0.1, -0.05) is 79.2 Å². The van der Waals surface area contributed by atoms with Crippen LogP contribution in [0.2, 0.25) is 0 Å². The molecule has 0 aromatic heterocycles. The number of hydrogen-bond acceptors (Lipinski definition) is 3. The lowest BCUT2D eigenvalue weighted by molar-refractivity contribution is -0.139. The van der Waals surface area contributed by atoms with Crippen molar-refractivity contribution >= 4 is 23.6 Å². The number of thioether (sulfide) groups is 1. The number of rotatable bonds is 11. The molecule has 0 aliphatic carbocycles. The molecule has 0 saturated heterocycles. The highest BCUT2D eigenvalue weighted by Gasteiger charge is 2.30. The van der Waals surface area contributed by atoms with Gasteiger partial charge >= 0.3 is 0 Å². The van der Waals surface area contributed by atoms with E-state index in [9.17, 15) is 9.59 Å². The van der Waals surface area contributed by atoms with Crippen molar-refractivity contribution in [3.8, 4) is 0 Å². The number of aryl methyl sites for hydroxylation is 2. The minimum absolute atomic E-state index is 0.0404. The van der Waals surface area contributed by atoms with Gasteiger partial charge in [-0.05, 0) is 49.1 Å². The number of hydrogen-bond donors (Lipinski definition) is 1. The van der Waals surface area contributed by atoms with Crippen molar-refractivity contribution in [1.29, 1.82) is 0 Å². The molecule has 34 heavy (non-hydrogen) atoms. The van der Waals surface area contributed by atoms with Crippen LogP contribution < -0.4 is 5.32 Å². The Morgan fingerprint density at radius 3 is 2.26 bits per heavy atom. The number of nitrogens with one attached hydrogen (secondary N) is 1. The van der Waals surface area contributed by atoms with Crippen molar-refractivity contribution in [1.82, 2.24) is 10.2 Å². The van der Waals surface area contributed by atoms with Crippen molar-refractivity contribution in [2.75, 3.05) is 12.3 Å². The molecule has 0 radical (unpaired) electrons. The predicted molar refractivity (Wildman–Crippen MR) is 141 cm³/mol. The molecule has 0 fully saturated rings. The highest BCUT2D eigenvalue weighted by atomic mass is 32.2. The molecule has 178 valence electrons. The first kappa shape index (κ1) is 25.6. The summed E-state index contributed by atoms with van der Waals surface area (Å²) in [5, 5.41) is 3.03. The summed E-state index contributed by atoms with van der Waals surface area (Å²) < 4.78 is 0. The minimum Gasteiger partial charge on any atom is -0.354 e. The molecule has 0 saturated carbocycles. The van der Waals surface area contributed by atoms with Gasteiger partial charge in [0.05, 0.1) is 5.75 Å². The van der Waals surface area contributed by atoms with Gasteiger partial charge in [0.25, 0.3) is 0 Å². The largest absolute Gasteiger partial charge is 0.354 e. The van der Waals surface area contributed by atoms with Crippen LogP contribution in [0.4, 0.5) is 0 Å². The second kappa shape index (κ2) is 13.0. The first-order chi connectivity index (χ1) is 16.5. The molecule has 1 atom stereocenters. The lowest BCUT2D eigenvalue weighted by Crippen LogP contribution is -2.51. The maximum atomic E-state index is 13.6. The molecule has 2 amide bonds. The van der Waals surface area contributed by atoms with Gasteiger partial charge in [-0.2, -0.15) is 0 Å². The smallest absolute Gasteiger partial charge is 0.243 e. The summed E-state index contributed by atoms with van der Waals surface area (Å²) in [7, 11) is 0. The summed E-state index contributed by atoms with van der Waals surface area (Å²) in [4.78, 5) is 29.8. The lowest BCUT2D eigenvalue weighted by atomic mass is 10.0. The van der Waals surface area contributed by atoms with E-state index < -0.39 is 6.04 Å². The Morgan fingerprint density at radius 1 is 0.912 bits per heavy atom. The fraction of sp³-hybridized carbons (Fsp3) is 0.310. The zero-order valence-electron chi connectivity index (χ0n) is 20.3. The van der Waals surface area contributed by atoms with Gasteiger partial charge in [-0.25, -0.2) is 0 Å². The molecule has 3 rings (SSSR count). The molecule has 1 N–H and O–H groups in total. The molecule has 3 aromatic carbocycles. The molecular formula is C29H34N2O2S. The number of benzene rings is 3. The molecule has 5 heteroatoms. The van der Waals surface area contributed by atoms with E-state index in [1.54, 1.807) is 4.90 Å².